The molecule has 0 aliphatic heterocycles. The zero-order valence-corrected chi connectivity index (χ0v) is 9.35. The number of ether oxygens (including phenoxy) is 1. The van der Waals surface area contributed by atoms with Crippen molar-refractivity contribution in [2.75, 3.05) is 0 Å². The summed E-state index contributed by atoms with van der Waals surface area (Å²) in [5.41, 5.74) is 4.02. The molecule has 2 atom stereocenters. The van der Waals surface area contributed by atoms with E-state index in [0.717, 1.165) is 0 Å². The van der Waals surface area contributed by atoms with Gasteiger partial charge in [-0.3, -0.25) is 9.59 Å². The lowest BCUT2D eigenvalue weighted by Gasteiger charge is -2.14. The Kier molecular flexibility index (Phi) is 2.71. The molecular weight excluding hydrogens is 229 g/mol. The van der Waals surface area contributed by atoms with Crippen molar-refractivity contribution in [3.63, 3.8) is 0 Å². The minimum Gasteiger partial charge on any atom is -0.452 e. The molecule has 2 N–H and O–H groups in total. The molecule has 0 aromatic rings. The molecule has 0 radical (unpaired) electrons. The maximum atomic E-state index is 11.5. The van der Waals surface area contributed by atoms with Crippen LogP contribution in [0.15, 0.2) is 0 Å². The fraction of sp³-hybridized carbons (Fsp3) is 0.750. The van der Waals surface area contributed by atoms with E-state index in [-0.39, 0.29) is 0 Å². The van der Waals surface area contributed by atoms with Crippen molar-refractivity contribution in [1.29, 1.82) is 0 Å². The van der Waals surface area contributed by atoms with E-state index in [9.17, 15) is 9.59 Å². The highest BCUT2D eigenvalue weighted by Gasteiger charge is 2.69. The van der Waals surface area contributed by atoms with Crippen LogP contribution in [-0.2, 0) is 14.3 Å². The molecule has 1 fully saturated rings. The van der Waals surface area contributed by atoms with E-state index in [1.807, 2.05) is 0 Å². The maximum absolute atomic E-state index is 11.5. The van der Waals surface area contributed by atoms with Gasteiger partial charge >= 0.3 is 5.97 Å². The minimum atomic E-state index is -1.08. The third kappa shape index (κ3) is 1.81. The summed E-state index contributed by atoms with van der Waals surface area (Å²) in [4.78, 5) is 22.1. The summed E-state index contributed by atoms with van der Waals surface area (Å²) in [5.74, 6) is -1.29. The van der Waals surface area contributed by atoms with Crippen LogP contribution in [0.1, 0.15) is 20.3 Å². The first-order valence-electron chi connectivity index (χ1n) is 4.09. The molecule has 0 heterocycles. The number of esters is 1. The molecule has 0 spiro atoms. The number of carbonyl (C=O) groups excluding carboxylic acids is 2. The van der Waals surface area contributed by atoms with Gasteiger partial charge in [0.2, 0.25) is 0 Å². The molecule has 4 nitrogen and oxygen atoms in total. The van der Waals surface area contributed by atoms with Crippen molar-refractivity contribution in [2.24, 2.45) is 11.1 Å². The van der Waals surface area contributed by atoms with Crippen molar-refractivity contribution in [2.45, 2.75) is 30.7 Å². The lowest BCUT2D eigenvalue weighted by Crippen LogP contribution is -2.34. The van der Waals surface area contributed by atoms with Crippen molar-refractivity contribution in [3.05, 3.63) is 0 Å². The summed E-state index contributed by atoms with van der Waals surface area (Å²) in [6.45, 7) is 2.99. The van der Waals surface area contributed by atoms with Crippen molar-refractivity contribution < 1.29 is 14.3 Å². The fourth-order valence-electron chi connectivity index (χ4n) is 0.970. The SMILES string of the molecule is C[C@@H](OC(=O)[C@]1(C)CC1(Cl)Cl)C(N)=O. The smallest absolute Gasteiger partial charge is 0.315 e. The Balaban J connectivity index is 2.57. The summed E-state index contributed by atoms with van der Waals surface area (Å²) in [5, 5.41) is 0. The second-order valence-electron chi connectivity index (χ2n) is 3.66. The van der Waals surface area contributed by atoms with Crippen molar-refractivity contribution in [3.8, 4) is 0 Å². The van der Waals surface area contributed by atoms with Gasteiger partial charge < -0.3 is 10.5 Å². The standard InChI is InChI=1S/C8H11Cl2NO3/c1-4(5(11)12)14-6(13)7(2)3-8(7,9)10/h4H,3H2,1-2H3,(H2,11,12)/t4-,7+/m1/s1. The molecular formula is C8H11Cl2NO3. The summed E-state index contributed by atoms with van der Waals surface area (Å²) in [7, 11) is 0. The number of carbonyl (C=O) groups is 2. The Hall–Kier alpha value is -0.480. The molecule has 6 heteroatoms. The quantitative estimate of drug-likeness (QED) is 0.590. The van der Waals surface area contributed by atoms with Gasteiger partial charge in [0.05, 0.1) is 0 Å². The summed E-state index contributed by atoms with van der Waals surface area (Å²) in [6, 6.07) is 0. The molecule has 0 aromatic carbocycles. The van der Waals surface area contributed by atoms with Crippen molar-refractivity contribution >= 4 is 35.1 Å². The van der Waals surface area contributed by atoms with Gasteiger partial charge in [0.15, 0.2) is 6.10 Å². The second-order valence-corrected chi connectivity index (χ2v) is 5.15. The molecule has 1 amide bonds. The van der Waals surface area contributed by atoms with E-state index in [1.165, 1.54) is 6.92 Å². The fourth-order valence-corrected chi connectivity index (χ4v) is 1.66. The van der Waals surface area contributed by atoms with Gasteiger partial charge in [-0.15, -0.1) is 23.2 Å². The van der Waals surface area contributed by atoms with Crippen LogP contribution in [0.2, 0.25) is 0 Å². The maximum Gasteiger partial charge on any atom is 0.315 e. The summed E-state index contributed by atoms with van der Waals surface area (Å²) < 4.78 is 3.71. The van der Waals surface area contributed by atoms with Crippen LogP contribution in [-0.4, -0.2) is 22.3 Å². The molecule has 1 rings (SSSR count). The lowest BCUT2D eigenvalue weighted by atomic mass is 10.1. The number of alkyl halides is 2. The van der Waals surface area contributed by atoms with Gasteiger partial charge in [-0.2, -0.15) is 0 Å². The highest BCUT2D eigenvalue weighted by molar-refractivity contribution is 6.53. The molecule has 0 aromatic heterocycles. The van der Waals surface area contributed by atoms with Gasteiger partial charge in [-0.1, -0.05) is 0 Å². The third-order valence-corrected chi connectivity index (χ3v) is 3.49. The first kappa shape index (κ1) is 11.6. The van der Waals surface area contributed by atoms with E-state index >= 15 is 0 Å². The Bertz CT molecular complexity index is 292. The van der Waals surface area contributed by atoms with Gasteiger partial charge in [0.1, 0.15) is 9.75 Å². The Morgan fingerprint density at radius 2 is 1.93 bits per heavy atom. The number of primary amides is 1. The highest BCUT2D eigenvalue weighted by atomic mass is 35.5. The first-order valence-corrected chi connectivity index (χ1v) is 4.84. The van der Waals surface area contributed by atoms with Crippen molar-refractivity contribution in [1.82, 2.24) is 0 Å². The van der Waals surface area contributed by atoms with E-state index in [2.05, 4.69) is 0 Å². The zero-order valence-electron chi connectivity index (χ0n) is 7.84. The molecule has 0 saturated heterocycles. The van der Waals surface area contributed by atoms with Gasteiger partial charge in [-0.25, -0.2) is 0 Å². The van der Waals surface area contributed by atoms with Crippen LogP contribution < -0.4 is 5.73 Å². The van der Waals surface area contributed by atoms with E-state index in [0.29, 0.717) is 6.42 Å². The molecule has 1 aliphatic rings. The van der Waals surface area contributed by atoms with E-state index in [4.69, 9.17) is 33.7 Å². The number of halogens is 2. The average molecular weight is 240 g/mol. The summed E-state index contributed by atoms with van der Waals surface area (Å²) >= 11 is 11.5. The van der Waals surface area contributed by atoms with Crippen LogP contribution in [0.25, 0.3) is 0 Å². The minimum absolute atomic E-state index is 0.327. The molecule has 14 heavy (non-hydrogen) atoms. The highest BCUT2D eigenvalue weighted by Crippen LogP contribution is 2.64. The van der Waals surface area contributed by atoms with Crippen LogP contribution in [0.5, 0.6) is 0 Å². The zero-order chi connectivity index (χ0) is 11.1. The monoisotopic (exact) mass is 239 g/mol. The van der Waals surface area contributed by atoms with Gasteiger partial charge in [0, 0.05) is 6.42 Å². The molecule has 0 bridgehead atoms. The van der Waals surface area contributed by atoms with Crippen LogP contribution in [0.4, 0.5) is 0 Å². The lowest BCUT2D eigenvalue weighted by molar-refractivity contribution is -0.158. The predicted molar refractivity (Wildman–Crippen MR) is 51.9 cm³/mol. The van der Waals surface area contributed by atoms with E-state index < -0.39 is 27.7 Å². The van der Waals surface area contributed by atoms with Gasteiger partial charge in [-0.05, 0) is 13.8 Å². The number of nitrogens with two attached hydrogens (primary N) is 1. The van der Waals surface area contributed by atoms with Gasteiger partial charge in [0.25, 0.3) is 5.91 Å². The van der Waals surface area contributed by atoms with Crippen LogP contribution in [0.3, 0.4) is 0 Å². The topological polar surface area (TPSA) is 69.4 Å². The Morgan fingerprint density at radius 3 is 2.21 bits per heavy atom. The Morgan fingerprint density at radius 1 is 1.50 bits per heavy atom. The first-order chi connectivity index (χ1) is 6.21. The van der Waals surface area contributed by atoms with Crippen LogP contribution in [0, 0.1) is 5.41 Å². The second kappa shape index (κ2) is 3.28. The number of amides is 1. The predicted octanol–water partition coefficient (Wildman–Crippen LogP) is 0.987. The summed E-state index contributed by atoms with van der Waals surface area (Å²) in [6.07, 6.45) is -0.628. The Labute approximate surface area is 91.7 Å². The average Bonchev–Trinajstić information content (AvgIpc) is 2.52. The normalized spacial score (nSPS) is 30.6. The molecule has 0 unspecified atom stereocenters. The molecule has 1 aliphatic carbocycles. The number of hydrogen-bond donors (Lipinski definition) is 1. The third-order valence-electron chi connectivity index (χ3n) is 2.39. The number of rotatable bonds is 3. The molecule has 1 saturated carbocycles. The largest absolute Gasteiger partial charge is 0.452 e. The van der Waals surface area contributed by atoms with E-state index in [1.54, 1.807) is 6.92 Å². The molecule has 80 valence electrons. The van der Waals surface area contributed by atoms with Crippen LogP contribution >= 0.6 is 23.2 Å². The number of hydrogen-bond acceptors (Lipinski definition) is 3.